The first kappa shape index (κ1) is 11.8. The van der Waals surface area contributed by atoms with E-state index in [9.17, 15) is 18.0 Å². The summed E-state index contributed by atoms with van der Waals surface area (Å²) in [6.45, 7) is 0. The summed E-state index contributed by atoms with van der Waals surface area (Å²) in [5, 5.41) is 8.72. The molecule has 2 unspecified atom stereocenters. The number of rotatable bonds is 3. The van der Waals surface area contributed by atoms with Gasteiger partial charge in [0.1, 0.15) is 5.75 Å². The molecule has 0 radical (unpaired) electrons. The first-order valence-corrected chi connectivity index (χ1v) is 4.95. The Morgan fingerprint density at radius 3 is 2.29 bits per heavy atom. The van der Waals surface area contributed by atoms with Gasteiger partial charge in [-0.1, -0.05) is 12.1 Å². The monoisotopic (exact) mass is 246 g/mol. The van der Waals surface area contributed by atoms with Gasteiger partial charge in [-0.3, -0.25) is 4.79 Å². The molecule has 0 bridgehead atoms. The lowest BCUT2D eigenvalue weighted by Gasteiger charge is -2.09. The zero-order valence-electron chi connectivity index (χ0n) is 8.57. The molecule has 6 heteroatoms. The number of carboxylic acids is 1. The predicted octanol–water partition coefficient (Wildman–Crippen LogP) is 2.77. The summed E-state index contributed by atoms with van der Waals surface area (Å²) >= 11 is 0. The fourth-order valence-electron chi connectivity index (χ4n) is 1.75. The van der Waals surface area contributed by atoms with Crippen LogP contribution in [0.2, 0.25) is 0 Å². The average molecular weight is 246 g/mol. The Labute approximate surface area is 94.8 Å². The van der Waals surface area contributed by atoms with Gasteiger partial charge in [0.25, 0.3) is 0 Å². The molecule has 0 amide bonds. The van der Waals surface area contributed by atoms with Crippen molar-refractivity contribution in [3.05, 3.63) is 29.8 Å². The summed E-state index contributed by atoms with van der Waals surface area (Å²) in [7, 11) is 0. The minimum atomic E-state index is -4.70. The maximum atomic E-state index is 11.9. The molecule has 1 N–H and O–H groups in total. The number of hydrogen-bond acceptors (Lipinski definition) is 2. The predicted molar refractivity (Wildman–Crippen MR) is 51.6 cm³/mol. The van der Waals surface area contributed by atoms with Gasteiger partial charge in [-0.05, 0) is 30.0 Å². The van der Waals surface area contributed by atoms with Gasteiger partial charge in [0.2, 0.25) is 0 Å². The van der Waals surface area contributed by atoms with Crippen LogP contribution in [0.25, 0.3) is 0 Å². The van der Waals surface area contributed by atoms with Crippen molar-refractivity contribution in [3.63, 3.8) is 0 Å². The quantitative estimate of drug-likeness (QED) is 0.891. The summed E-state index contributed by atoms with van der Waals surface area (Å²) in [5.41, 5.74) is 0.729. The molecule has 0 spiro atoms. The second-order valence-corrected chi connectivity index (χ2v) is 3.90. The largest absolute Gasteiger partial charge is 0.573 e. The topological polar surface area (TPSA) is 46.5 Å². The van der Waals surface area contributed by atoms with E-state index in [4.69, 9.17) is 5.11 Å². The third kappa shape index (κ3) is 2.89. The first-order valence-electron chi connectivity index (χ1n) is 4.95. The molecule has 0 saturated heterocycles. The molecule has 17 heavy (non-hydrogen) atoms. The van der Waals surface area contributed by atoms with E-state index in [-0.39, 0.29) is 11.7 Å². The number of carboxylic acid groups (broad SMARTS) is 1. The number of aliphatic carboxylic acids is 1. The van der Waals surface area contributed by atoms with Crippen molar-refractivity contribution in [2.24, 2.45) is 5.92 Å². The highest BCUT2D eigenvalue weighted by Gasteiger charge is 2.44. The number of benzene rings is 1. The van der Waals surface area contributed by atoms with Gasteiger partial charge in [0, 0.05) is 0 Å². The first-order chi connectivity index (χ1) is 7.87. The Morgan fingerprint density at radius 2 is 1.88 bits per heavy atom. The van der Waals surface area contributed by atoms with Crippen LogP contribution in [0.15, 0.2) is 24.3 Å². The van der Waals surface area contributed by atoms with Crippen molar-refractivity contribution < 1.29 is 27.8 Å². The van der Waals surface area contributed by atoms with E-state index < -0.39 is 18.2 Å². The van der Waals surface area contributed by atoms with E-state index in [1.165, 1.54) is 24.3 Å². The van der Waals surface area contributed by atoms with E-state index in [0.29, 0.717) is 6.42 Å². The van der Waals surface area contributed by atoms with Crippen LogP contribution in [0.3, 0.4) is 0 Å². The van der Waals surface area contributed by atoms with E-state index in [1.807, 2.05) is 0 Å². The second kappa shape index (κ2) is 3.94. The van der Waals surface area contributed by atoms with Crippen LogP contribution in [-0.2, 0) is 4.79 Å². The molecule has 0 heterocycles. The van der Waals surface area contributed by atoms with Crippen molar-refractivity contribution in [1.82, 2.24) is 0 Å². The van der Waals surface area contributed by atoms with Crippen LogP contribution in [0.4, 0.5) is 13.2 Å². The molecule has 1 aliphatic carbocycles. The minimum absolute atomic E-state index is 0.0903. The molecule has 92 valence electrons. The maximum absolute atomic E-state index is 11.9. The molecule has 2 rings (SSSR count). The average Bonchev–Trinajstić information content (AvgIpc) is 2.96. The minimum Gasteiger partial charge on any atom is -0.481 e. The van der Waals surface area contributed by atoms with Gasteiger partial charge >= 0.3 is 12.3 Å². The Bertz CT molecular complexity index is 425. The van der Waals surface area contributed by atoms with Gasteiger partial charge in [-0.15, -0.1) is 13.2 Å². The Morgan fingerprint density at radius 1 is 1.29 bits per heavy atom. The number of hydrogen-bond donors (Lipinski definition) is 1. The van der Waals surface area contributed by atoms with Gasteiger partial charge < -0.3 is 9.84 Å². The third-order valence-electron chi connectivity index (χ3n) is 2.65. The molecule has 1 saturated carbocycles. The van der Waals surface area contributed by atoms with Crippen molar-refractivity contribution in [2.45, 2.75) is 18.7 Å². The smallest absolute Gasteiger partial charge is 0.481 e. The fraction of sp³-hybridized carbons (Fsp3) is 0.364. The van der Waals surface area contributed by atoms with Gasteiger partial charge in [0.05, 0.1) is 5.92 Å². The molecular formula is C11H9F3O3. The van der Waals surface area contributed by atoms with Crippen molar-refractivity contribution in [3.8, 4) is 5.75 Å². The Hall–Kier alpha value is -1.72. The zero-order chi connectivity index (χ0) is 12.6. The number of halogens is 3. The van der Waals surface area contributed by atoms with Crippen LogP contribution >= 0.6 is 0 Å². The lowest BCUT2D eigenvalue weighted by molar-refractivity contribution is -0.274. The van der Waals surface area contributed by atoms with Crippen LogP contribution in [0.5, 0.6) is 5.75 Å². The van der Waals surface area contributed by atoms with Crippen molar-refractivity contribution >= 4 is 5.97 Å². The van der Waals surface area contributed by atoms with E-state index in [0.717, 1.165) is 5.56 Å². The third-order valence-corrected chi connectivity index (χ3v) is 2.65. The van der Waals surface area contributed by atoms with Crippen LogP contribution < -0.4 is 4.74 Å². The summed E-state index contributed by atoms with van der Waals surface area (Å²) in [6, 6.07) is 5.32. The molecule has 0 aromatic heterocycles. The van der Waals surface area contributed by atoms with Crippen molar-refractivity contribution in [1.29, 1.82) is 0 Å². The van der Waals surface area contributed by atoms with Crippen LogP contribution in [0, 0.1) is 5.92 Å². The molecule has 3 nitrogen and oxygen atoms in total. The highest BCUT2D eigenvalue weighted by atomic mass is 19.4. The van der Waals surface area contributed by atoms with Crippen LogP contribution in [-0.4, -0.2) is 17.4 Å². The molecule has 1 fully saturated rings. The lowest BCUT2D eigenvalue weighted by atomic mass is 10.1. The fourth-order valence-corrected chi connectivity index (χ4v) is 1.75. The van der Waals surface area contributed by atoms with Gasteiger partial charge in [-0.2, -0.15) is 0 Å². The highest BCUT2D eigenvalue weighted by molar-refractivity contribution is 5.75. The summed E-state index contributed by atoms with van der Waals surface area (Å²) in [6.07, 6.45) is -4.17. The van der Waals surface area contributed by atoms with Gasteiger partial charge in [0.15, 0.2) is 0 Å². The van der Waals surface area contributed by atoms with E-state index in [1.54, 1.807) is 0 Å². The molecule has 1 aromatic rings. The lowest BCUT2D eigenvalue weighted by Crippen LogP contribution is -2.17. The molecular weight excluding hydrogens is 237 g/mol. The number of carbonyl (C=O) groups is 1. The Kier molecular flexibility index (Phi) is 2.73. The molecule has 2 atom stereocenters. The van der Waals surface area contributed by atoms with Crippen molar-refractivity contribution in [2.75, 3.05) is 0 Å². The summed E-state index contributed by atoms with van der Waals surface area (Å²) < 4.78 is 39.4. The normalized spacial score (nSPS) is 23.2. The number of ether oxygens (including phenoxy) is 1. The van der Waals surface area contributed by atoms with Crippen LogP contribution in [0.1, 0.15) is 17.9 Å². The number of alkyl halides is 3. The summed E-state index contributed by atoms with van der Waals surface area (Å²) in [5.74, 6) is -1.67. The SMILES string of the molecule is O=C(O)C1CC1c1ccc(OC(F)(F)F)cc1. The molecule has 1 aromatic carbocycles. The second-order valence-electron chi connectivity index (χ2n) is 3.90. The van der Waals surface area contributed by atoms with E-state index >= 15 is 0 Å². The zero-order valence-corrected chi connectivity index (χ0v) is 8.57. The standard InChI is InChI=1S/C11H9F3O3/c12-11(13,14)17-7-3-1-6(2-4-7)8-5-9(8)10(15)16/h1-4,8-9H,5H2,(H,15,16). The summed E-state index contributed by atoms with van der Waals surface area (Å²) in [4.78, 5) is 10.6. The van der Waals surface area contributed by atoms with Gasteiger partial charge in [-0.25, -0.2) is 0 Å². The Balaban J connectivity index is 2.02. The molecule has 1 aliphatic rings. The van der Waals surface area contributed by atoms with E-state index in [2.05, 4.69) is 4.74 Å². The highest BCUT2D eigenvalue weighted by Crippen LogP contribution is 2.47. The molecule has 0 aliphatic heterocycles. The maximum Gasteiger partial charge on any atom is 0.573 e.